The van der Waals surface area contributed by atoms with Crippen molar-refractivity contribution < 1.29 is 9.84 Å². The Bertz CT molecular complexity index is 991. The van der Waals surface area contributed by atoms with E-state index in [9.17, 15) is 5.11 Å². The van der Waals surface area contributed by atoms with Gasteiger partial charge in [-0.1, -0.05) is 19.3 Å². The molecule has 30 heavy (non-hydrogen) atoms. The van der Waals surface area contributed by atoms with Crippen LogP contribution in [-0.4, -0.2) is 37.3 Å². The fourth-order valence-electron chi connectivity index (χ4n) is 4.34. The summed E-state index contributed by atoms with van der Waals surface area (Å²) in [7, 11) is 0. The molecule has 2 fully saturated rings. The number of phenols is 1. The van der Waals surface area contributed by atoms with Gasteiger partial charge in [-0.3, -0.25) is 4.57 Å². The van der Waals surface area contributed by atoms with Gasteiger partial charge in [0.15, 0.2) is 17.0 Å². The van der Waals surface area contributed by atoms with Gasteiger partial charge in [0.2, 0.25) is 5.95 Å². The number of rotatable bonds is 5. The predicted molar refractivity (Wildman–Crippen MR) is 116 cm³/mol. The number of nitrogens with zero attached hydrogens (tertiary/aromatic N) is 4. The molecule has 0 bridgehead atoms. The molecule has 3 aromatic rings. The van der Waals surface area contributed by atoms with Crippen LogP contribution in [0.3, 0.4) is 0 Å². The highest BCUT2D eigenvalue weighted by molar-refractivity contribution is 5.85. The van der Waals surface area contributed by atoms with Gasteiger partial charge in [-0.05, 0) is 56.4 Å². The molecule has 2 aliphatic rings. The summed E-state index contributed by atoms with van der Waals surface area (Å²) in [5, 5.41) is 16.4. The van der Waals surface area contributed by atoms with E-state index in [1.54, 1.807) is 24.3 Å². The first kappa shape index (κ1) is 19.1. The standard InChI is InChI=1S/C22H28N6O2/c29-17-11-9-16(10-12-17)25-22-26-20(24-15-6-2-1-3-7-15)19-21(27-22)28(14-23-19)18-8-4-5-13-30-18/h9-12,14-15,18,29H,1-8,13H2,(H2,24,25,26,27). The second-order valence-electron chi connectivity index (χ2n) is 8.19. The monoisotopic (exact) mass is 408 g/mol. The van der Waals surface area contributed by atoms with E-state index in [0.717, 1.165) is 61.4 Å². The van der Waals surface area contributed by atoms with E-state index >= 15 is 0 Å². The van der Waals surface area contributed by atoms with Crippen molar-refractivity contribution in [2.24, 2.45) is 0 Å². The van der Waals surface area contributed by atoms with Crippen molar-refractivity contribution in [3.05, 3.63) is 30.6 Å². The van der Waals surface area contributed by atoms with Gasteiger partial charge in [-0.25, -0.2) is 4.98 Å². The van der Waals surface area contributed by atoms with Crippen LogP contribution in [-0.2, 0) is 4.74 Å². The van der Waals surface area contributed by atoms with Crippen molar-refractivity contribution in [3.63, 3.8) is 0 Å². The minimum atomic E-state index is -0.0392. The van der Waals surface area contributed by atoms with Gasteiger partial charge in [-0.15, -0.1) is 0 Å². The van der Waals surface area contributed by atoms with Crippen molar-refractivity contribution in [1.29, 1.82) is 0 Å². The molecule has 0 spiro atoms. The molecule has 1 saturated carbocycles. The maximum Gasteiger partial charge on any atom is 0.231 e. The van der Waals surface area contributed by atoms with Crippen LogP contribution in [0.2, 0.25) is 0 Å². The van der Waals surface area contributed by atoms with Crippen LogP contribution in [0.25, 0.3) is 11.2 Å². The highest BCUT2D eigenvalue weighted by Gasteiger charge is 2.23. The number of nitrogens with one attached hydrogen (secondary N) is 2. The molecule has 1 aliphatic heterocycles. The third-order valence-corrected chi connectivity index (χ3v) is 5.96. The zero-order valence-electron chi connectivity index (χ0n) is 17.0. The molecule has 0 radical (unpaired) electrons. The largest absolute Gasteiger partial charge is 0.508 e. The number of aromatic hydroxyl groups is 1. The summed E-state index contributed by atoms with van der Waals surface area (Å²) >= 11 is 0. The first-order valence-corrected chi connectivity index (χ1v) is 10.9. The molecule has 5 rings (SSSR count). The van der Waals surface area contributed by atoms with Crippen molar-refractivity contribution in [1.82, 2.24) is 19.5 Å². The number of imidazole rings is 1. The van der Waals surface area contributed by atoms with Crippen LogP contribution in [0, 0.1) is 0 Å². The number of hydrogen-bond acceptors (Lipinski definition) is 7. The molecule has 2 aromatic heterocycles. The third kappa shape index (κ3) is 4.05. The highest BCUT2D eigenvalue weighted by atomic mass is 16.5. The highest BCUT2D eigenvalue weighted by Crippen LogP contribution is 2.31. The summed E-state index contributed by atoms with van der Waals surface area (Å²) in [5.41, 5.74) is 2.37. The summed E-state index contributed by atoms with van der Waals surface area (Å²) in [5.74, 6) is 1.50. The Balaban J connectivity index is 1.51. The van der Waals surface area contributed by atoms with Gasteiger partial charge in [0.1, 0.15) is 12.0 Å². The van der Waals surface area contributed by atoms with Crippen LogP contribution in [0.15, 0.2) is 30.6 Å². The molecule has 8 nitrogen and oxygen atoms in total. The van der Waals surface area contributed by atoms with Crippen LogP contribution in [0.4, 0.5) is 17.5 Å². The molecule has 3 N–H and O–H groups in total. The van der Waals surface area contributed by atoms with Gasteiger partial charge < -0.3 is 20.5 Å². The predicted octanol–water partition coefficient (Wildman–Crippen LogP) is 4.72. The average Bonchev–Trinajstić information content (AvgIpc) is 3.21. The molecule has 1 saturated heterocycles. The van der Waals surface area contributed by atoms with E-state index in [0.29, 0.717) is 12.0 Å². The van der Waals surface area contributed by atoms with Crippen LogP contribution in [0.5, 0.6) is 5.75 Å². The molecule has 0 amide bonds. The lowest BCUT2D eigenvalue weighted by atomic mass is 9.95. The van der Waals surface area contributed by atoms with Gasteiger partial charge in [0.05, 0.1) is 6.33 Å². The van der Waals surface area contributed by atoms with Crippen LogP contribution >= 0.6 is 0 Å². The van der Waals surface area contributed by atoms with Crippen molar-refractivity contribution in [3.8, 4) is 5.75 Å². The summed E-state index contributed by atoms with van der Waals surface area (Å²) in [6, 6.07) is 7.30. The number of benzene rings is 1. The normalized spacial score (nSPS) is 20.3. The van der Waals surface area contributed by atoms with E-state index in [2.05, 4.69) is 15.6 Å². The Hall–Kier alpha value is -2.87. The molecule has 158 valence electrons. The minimum absolute atomic E-state index is 0.0392. The van der Waals surface area contributed by atoms with Crippen molar-refractivity contribution in [2.45, 2.75) is 63.6 Å². The van der Waals surface area contributed by atoms with E-state index in [1.807, 2.05) is 10.9 Å². The third-order valence-electron chi connectivity index (χ3n) is 5.96. The maximum absolute atomic E-state index is 9.55. The molecule has 1 atom stereocenters. The van der Waals surface area contributed by atoms with Crippen molar-refractivity contribution in [2.75, 3.05) is 17.2 Å². The molecule has 1 aromatic carbocycles. The molecule has 1 aliphatic carbocycles. The Morgan fingerprint density at radius 2 is 1.77 bits per heavy atom. The Morgan fingerprint density at radius 1 is 0.967 bits per heavy atom. The summed E-state index contributed by atoms with van der Waals surface area (Å²) in [4.78, 5) is 14.2. The molecule has 8 heteroatoms. The van der Waals surface area contributed by atoms with E-state index in [-0.39, 0.29) is 12.0 Å². The molecule has 1 unspecified atom stereocenters. The van der Waals surface area contributed by atoms with Gasteiger partial charge >= 0.3 is 0 Å². The van der Waals surface area contributed by atoms with Gasteiger partial charge in [0.25, 0.3) is 0 Å². The Labute approximate surface area is 175 Å². The Kier molecular flexibility index (Phi) is 5.40. The molecular weight excluding hydrogens is 380 g/mol. The molecular formula is C22H28N6O2. The minimum Gasteiger partial charge on any atom is -0.508 e. The van der Waals surface area contributed by atoms with Gasteiger partial charge in [0, 0.05) is 18.3 Å². The van der Waals surface area contributed by atoms with Crippen molar-refractivity contribution >= 4 is 28.6 Å². The summed E-state index contributed by atoms with van der Waals surface area (Å²) < 4.78 is 8.02. The fraction of sp³-hybridized carbons (Fsp3) is 0.500. The number of anilines is 3. The number of fused-ring (bicyclic) bond motifs is 1. The first-order chi connectivity index (χ1) is 14.8. The summed E-state index contributed by atoms with van der Waals surface area (Å²) in [6.07, 6.45) is 11.1. The van der Waals surface area contributed by atoms with E-state index in [4.69, 9.17) is 14.7 Å². The second kappa shape index (κ2) is 8.47. The smallest absolute Gasteiger partial charge is 0.231 e. The maximum atomic E-state index is 9.55. The lowest BCUT2D eigenvalue weighted by molar-refractivity contribution is -0.0298. The van der Waals surface area contributed by atoms with Crippen LogP contribution in [0.1, 0.15) is 57.6 Å². The number of hydrogen-bond donors (Lipinski definition) is 3. The number of phenolic OH excluding ortho intramolecular Hbond substituents is 1. The van der Waals surface area contributed by atoms with Crippen LogP contribution < -0.4 is 10.6 Å². The summed E-state index contributed by atoms with van der Waals surface area (Å²) in [6.45, 7) is 0.765. The Morgan fingerprint density at radius 3 is 2.53 bits per heavy atom. The zero-order chi connectivity index (χ0) is 20.3. The zero-order valence-corrected chi connectivity index (χ0v) is 17.0. The first-order valence-electron chi connectivity index (χ1n) is 10.9. The lowest BCUT2D eigenvalue weighted by Crippen LogP contribution is -2.23. The number of ether oxygens (including phenoxy) is 1. The molecule has 3 heterocycles. The number of aromatic nitrogens is 4. The van der Waals surface area contributed by atoms with Gasteiger partial charge in [-0.2, -0.15) is 9.97 Å². The second-order valence-corrected chi connectivity index (χ2v) is 8.19. The fourth-order valence-corrected chi connectivity index (χ4v) is 4.34. The van der Waals surface area contributed by atoms with E-state index < -0.39 is 0 Å². The SMILES string of the molecule is Oc1ccc(Nc2nc(NC3CCCCC3)c3ncn(C4CCCCO4)c3n2)cc1. The van der Waals surface area contributed by atoms with E-state index in [1.165, 1.54) is 19.3 Å². The lowest BCUT2D eigenvalue weighted by Gasteiger charge is -2.25. The average molecular weight is 409 g/mol. The quantitative estimate of drug-likeness (QED) is 0.526. The topological polar surface area (TPSA) is 97.1 Å².